The second-order valence-corrected chi connectivity index (χ2v) is 11.4. The van der Waals surface area contributed by atoms with Crippen LogP contribution in [-0.2, 0) is 14.6 Å². The van der Waals surface area contributed by atoms with E-state index in [0.29, 0.717) is 19.3 Å². The van der Waals surface area contributed by atoms with Crippen LogP contribution in [0.25, 0.3) is 0 Å². The molecule has 0 saturated heterocycles. The summed E-state index contributed by atoms with van der Waals surface area (Å²) in [7, 11) is -3.36. The molecular formula is C19H36N2O5S. The molecule has 0 radical (unpaired) electrons. The van der Waals surface area contributed by atoms with Crippen LogP contribution < -0.4 is 10.6 Å². The maximum absolute atomic E-state index is 12.8. The van der Waals surface area contributed by atoms with Gasteiger partial charge in [-0.3, -0.25) is 0 Å². The van der Waals surface area contributed by atoms with Gasteiger partial charge in [-0.1, -0.05) is 53.4 Å². The lowest BCUT2D eigenvalue weighted by Crippen LogP contribution is -2.60. The van der Waals surface area contributed by atoms with Gasteiger partial charge in [-0.05, 0) is 31.6 Å². The minimum absolute atomic E-state index is 0.0954. The second-order valence-electron chi connectivity index (χ2n) is 8.98. The van der Waals surface area contributed by atoms with Crippen LogP contribution in [0.2, 0.25) is 0 Å². The van der Waals surface area contributed by atoms with Gasteiger partial charge in [-0.25, -0.2) is 18.0 Å². The number of amides is 2. The molecule has 1 aliphatic carbocycles. The molecule has 158 valence electrons. The molecule has 2 amide bonds. The zero-order valence-corrected chi connectivity index (χ0v) is 18.1. The highest BCUT2D eigenvalue weighted by Crippen LogP contribution is 2.31. The first-order valence-corrected chi connectivity index (χ1v) is 11.6. The van der Waals surface area contributed by atoms with Crippen molar-refractivity contribution in [3.63, 3.8) is 0 Å². The van der Waals surface area contributed by atoms with E-state index in [1.807, 2.05) is 6.92 Å². The first-order chi connectivity index (χ1) is 12.3. The smallest absolute Gasteiger partial charge is 0.326 e. The fourth-order valence-corrected chi connectivity index (χ4v) is 5.71. The molecule has 0 aromatic carbocycles. The van der Waals surface area contributed by atoms with Crippen molar-refractivity contribution in [3.05, 3.63) is 0 Å². The summed E-state index contributed by atoms with van der Waals surface area (Å²) in [6, 6.07) is -1.67. The van der Waals surface area contributed by atoms with Gasteiger partial charge in [-0.2, -0.15) is 0 Å². The highest BCUT2D eigenvalue weighted by molar-refractivity contribution is 7.92. The molecule has 0 aromatic rings. The summed E-state index contributed by atoms with van der Waals surface area (Å²) in [5.41, 5.74) is -1.49. The maximum Gasteiger partial charge on any atom is 0.326 e. The van der Waals surface area contributed by atoms with Gasteiger partial charge in [0.1, 0.15) is 6.04 Å². The lowest BCUT2D eigenvalue weighted by Gasteiger charge is -2.39. The van der Waals surface area contributed by atoms with E-state index in [2.05, 4.69) is 10.6 Å². The van der Waals surface area contributed by atoms with E-state index in [1.165, 1.54) is 0 Å². The molecule has 0 aliphatic heterocycles. The molecule has 2 atom stereocenters. The molecule has 1 fully saturated rings. The molecule has 1 saturated carbocycles. The van der Waals surface area contributed by atoms with Crippen LogP contribution in [0, 0.1) is 5.41 Å². The Labute approximate surface area is 163 Å². The van der Waals surface area contributed by atoms with Crippen LogP contribution in [0.1, 0.15) is 79.6 Å². The number of sulfone groups is 1. The van der Waals surface area contributed by atoms with E-state index < -0.39 is 44.1 Å². The molecule has 0 spiro atoms. The van der Waals surface area contributed by atoms with Gasteiger partial charge in [0.15, 0.2) is 9.84 Å². The first-order valence-electron chi connectivity index (χ1n) is 9.86. The van der Waals surface area contributed by atoms with Crippen LogP contribution in [0.15, 0.2) is 0 Å². The molecule has 3 N–H and O–H groups in total. The molecule has 8 heteroatoms. The highest BCUT2D eigenvalue weighted by atomic mass is 32.2. The number of carboxylic acids is 1. The van der Waals surface area contributed by atoms with Crippen LogP contribution in [0.3, 0.4) is 0 Å². The van der Waals surface area contributed by atoms with Gasteiger partial charge in [-0.15, -0.1) is 0 Å². The molecule has 7 nitrogen and oxygen atoms in total. The third-order valence-corrected chi connectivity index (χ3v) is 7.78. The predicted octanol–water partition coefficient (Wildman–Crippen LogP) is 3.09. The number of aliphatic carboxylic acids is 1. The highest BCUT2D eigenvalue weighted by Gasteiger charge is 2.41. The fourth-order valence-electron chi connectivity index (χ4n) is 3.70. The number of carbonyl (C=O) groups is 2. The molecule has 0 aromatic heterocycles. The van der Waals surface area contributed by atoms with Crippen molar-refractivity contribution in [3.8, 4) is 0 Å². The zero-order valence-electron chi connectivity index (χ0n) is 17.3. The standard InChI is InChI=1S/C19H36N2O5S/c1-6-10-14(2)27(25,26)13-19(11-8-7-9-12-19)21-17(24)20-15(16(22)23)18(3,4)5/h14-15H,6-13H2,1-5H3,(H,22,23)(H2,20,21,24)/t14?,15-/m1/s1. The molecule has 0 heterocycles. The van der Waals surface area contributed by atoms with Gasteiger partial charge in [0.2, 0.25) is 0 Å². The molecule has 0 bridgehead atoms. The fraction of sp³-hybridized carbons (Fsp3) is 0.895. The lowest BCUT2D eigenvalue weighted by molar-refractivity contribution is -0.141. The molecular weight excluding hydrogens is 368 g/mol. The van der Waals surface area contributed by atoms with Crippen molar-refractivity contribution >= 4 is 21.8 Å². The summed E-state index contributed by atoms with van der Waals surface area (Å²) in [4.78, 5) is 24.1. The number of carboxylic acid groups (broad SMARTS) is 1. The van der Waals surface area contributed by atoms with E-state index in [4.69, 9.17) is 0 Å². The van der Waals surface area contributed by atoms with Crippen molar-refractivity contribution in [1.29, 1.82) is 0 Å². The maximum atomic E-state index is 12.8. The first kappa shape index (κ1) is 23.7. The van der Waals surface area contributed by atoms with Gasteiger partial charge in [0, 0.05) is 0 Å². The minimum Gasteiger partial charge on any atom is -0.480 e. The molecule has 1 rings (SSSR count). The Morgan fingerprint density at radius 2 is 1.70 bits per heavy atom. The van der Waals surface area contributed by atoms with Gasteiger partial charge >= 0.3 is 12.0 Å². The zero-order chi connectivity index (χ0) is 20.9. The van der Waals surface area contributed by atoms with E-state index in [1.54, 1.807) is 27.7 Å². The van der Waals surface area contributed by atoms with Crippen molar-refractivity contribution in [2.45, 2.75) is 96.4 Å². The molecule has 27 heavy (non-hydrogen) atoms. The third-order valence-electron chi connectivity index (χ3n) is 5.36. The minimum atomic E-state index is -3.36. The summed E-state index contributed by atoms with van der Waals surface area (Å²) in [6.07, 6.45) is 5.26. The van der Waals surface area contributed by atoms with Crippen LogP contribution >= 0.6 is 0 Å². The summed E-state index contributed by atoms with van der Waals surface area (Å²) in [5, 5.41) is 14.3. The summed E-state index contributed by atoms with van der Waals surface area (Å²) in [5.74, 6) is -1.21. The quantitative estimate of drug-likeness (QED) is 0.575. The topological polar surface area (TPSA) is 113 Å². The predicted molar refractivity (Wildman–Crippen MR) is 107 cm³/mol. The van der Waals surface area contributed by atoms with E-state index in [0.717, 1.165) is 25.7 Å². The Morgan fingerprint density at radius 1 is 1.15 bits per heavy atom. The van der Waals surface area contributed by atoms with Crippen LogP contribution in [-0.4, -0.2) is 48.1 Å². The Kier molecular flexibility index (Phi) is 8.14. The number of urea groups is 1. The average molecular weight is 405 g/mol. The van der Waals surface area contributed by atoms with Crippen molar-refractivity contribution in [1.82, 2.24) is 10.6 Å². The molecule has 1 aliphatic rings. The van der Waals surface area contributed by atoms with Crippen molar-refractivity contribution < 1.29 is 23.1 Å². The normalized spacial score (nSPS) is 19.7. The summed E-state index contributed by atoms with van der Waals surface area (Å²) >= 11 is 0. The van der Waals surface area contributed by atoms with E-state index in [-0.39, 0.29) is 5.75 Å². The number of hydrogen-bond acceptors (Lipinski definition) is 4. The second kappa shape index (κ2) is 9.26. The summed E-state index contributed by atoms with van der Waals surface area (Å²) in [6.45, 7) is 8.88. The SMILES string of the molecule is CCCC(C)S(=O)(=O)CC1(NC(=O)N[C@H](C(=O)O)C(C)(C)C)CCCCC1. The lowest BCUT2D eigenvalue weighted by atomic mass is 9.83. The molecule has 1 unspecified atom stereocenters. The Morgan fingerprint density at radius 3 is 2.15 bits per heavy atom. The Hall–Kier alpha value is -1.31. The van der Waals surface area contributed by atoms with Gasteiger partial charge < -0.3 is 15.7 Å². The Balaban J connectivity index is 2.97. The number of hydrogen-bond donors (Lipinski definition) is 3. The Bertz CT molecular complexity index is 619. The monoisotopic (exact) mass is 404 g/mol. The average Bonchev–Trinajstić information content (AvgIpc) is 2.51. The van der Waals surface area contributed by atoms with E-state index >= 15 is 0 Å². The van der Waals surface area contributed by atoms with Crippen LogP contribution in [0.5, 0.6) is 0 Å². The third kappa shape index (κ3) is 6.97. The number of rotatable bonds is 8. The van der Waals surface area contributed by atoms with Crippen LogP contribution in [0.4, 0.5) is 4.79 Å². The number of carbonyl (C=O) groups excluding carboxylic acids is 1. The summed E-state index contributed by atoms with van der Waals surface area (Å²) < 4.78 is 25.6. The number of nitrogens with one attached hydrogen (secondary N) is 2. The van der Waals surface area contributed by atoms with Gasteiger partial charge in [0.25, 0.3) is 0 Å². The van der Waals surface area contributed by atoms with E-state index in [9.17, 15) is 23.1 Å². The van der Waals surface area contributed by atoms with Crippen molar-refractivity contribution in [2.75, 3.05) is 5.75 Å². The van der Waals surface area contributed by atoms with Crippen molar-refractivity contribution in [2.24, 2.45) is 5.41 Å². The largest absolute Gasteiger partial charge is 0.480 e. The van der Waals surface area contributed by atoms with Gasteiger partial charge in [0.05, 0.1) is 16.5 Å².